The van der Waals surface area contributed by atoms with E-state index < -0.39 is 0 Å². The summed E-state index contributed by atoms with van der Waals surface area (Å²) < 4.78 is 1.92. The first-order valence-electron chi connectivity index (χ1n) is 9.55. The number of carbonyl (C=O) groups is 1. The van der Waals surface area contributed by atoms with E-state index >= 15 is 0 Å². The number of rotatable bonds is 6. The van der Waals surface area contributed by atoms with Gasteiger partial charge in [-0.1, -0.05) is 60.4 Å². The molecule has 6 nitrogen and oxygen atoms in total. The van der Waals surface area contributed by atoms with E-state index in [9.17, 15) is 14.9 Å². The van der Waals surface area contributed by atoms with E-state index in [4.69, 9.17) is 12.2 Å². The summed E-state index contributed by atoms with van der Waals surface area (Å²) >= 11 is 6.54. The second kappa shape index (κ2) is 9.33. The normalized spacial score (nSPS) is 14.8. The molecule has 31 heavy (non-hydrogen) atoms. The number of benzene rings is 1. The minimum Gasteiger partial charge on any atom is -0.356 e. The molecular weight excluding hydrogens is 428 g/mol. The van der Waals surface area contributed by atoms with Crippen molar-refractivity contribution in [3.63, 3.8) is 0 Å². The molecule has 2 aromatic rings. The van der Waals surface area contributed by atoms with E-state index in [0.717, 1.165) is 5.56 Å². The number of nitrogens with zero attached hydrogens (tertiary/aromatic N) is 4. The maximum Gasteiger partial charge on any atom is 0.270 e. The highest BCUT2D eigenvalue weighted by atomic mass is 32.2. The molecule has 0 spiro atoms. The van der Waals surface area contributed by atoms with E-state index in [2.05, 4.69) is 6.58 Å². The van der Waals surface area contributed by atoms with Crippen LogP contribution in [0.2, 0.25) is 0 Å². The van der Waals surface area contributed by atoms with Crippen molar-refractivity contribution >= 4 is 46.1 Å². The van der Waals surface area contributed by atoms with Crippen LogP contribution in [-0.4, -0.2) is 33.3 Å². The third-order valence-corrected chi connectivity index (χ3v) is 6.43. The van der Waals surface area contributed by atoms with E-state index in [1.807, 2.05) is 48.3 Å². The van der Waals surface area contributed by atoms with Crippen LogP contribution in [0.1, 0.15) is 22.3 Å². The Balaban J connectivity index is 2.17. The minimum absolute atomic E-state index is 0.0622. The van der Waals surface area contributed by atoms with Gasteiger partial charge >= 0.3 is 0 Å². The second-order valence-corrected chi connectivity index (χ2v) is 8.81. The van der Waals surface area contributed by atoms with Crippen LogP contribution in [0.5, 0.6) is 0 Å². The quantitative estimate of drug-likeness (QED) is 0.381. The van der Waals surface area contributed by atoms with E-state index in [1.165, 1.54) is 21.2 Å². The number of aromatic nitrogens is 1. The highest BCUT2D eigenvalue weighted by Crippen LogP contribution is 2.35. The molecule has 1 fully saturated rings. The van der Waals surface area contributed by atoms with Gasteiger partial charge in [-0.25, -0.2) is 0 Å². The largest absolute Gasteiger partial charge is 0.356 e. The first-order chi connectivity index (χ1) is 14.8. The lowest BCUT2D eigenvalue weighted by Crippen LogP contribution is -2.31. The van der Waals surface area contributed by atoms with Gasteiger partial charge in [-0.3, -0.25) is 19.1 Å². The number of amides is 1. The SMILES string of the molecule is C=CCN1C(=O)/C(=C/c2c(C)c(C#N)c(=O)n(C)c2N(C)Cc2ccccc2)SC1=S. The minimum atomic E-state index is -0.369. The number of anilines is 1. The summed E-state index contributed by atoms with van der Waals surface area (Å²) in [6, 6.07) is 11.9. The van der Waals surface area contributed by atoms with Gasteiger partial charge in [-0.2, -0.15) is 5.26 Å². The average molecular weight is 451 g/mol. The smallest absolute Gasteiger partial charge is 0.270 e. The van der Waals surface area contributed by atoms with Crippen molar-refractivity contribution in [1.82, 2.24) is 9.47 Å². The summed E-state index contributed by atoms with van der Waals surface area (Å²) in [6.07, 6.45) is 3.35. The summed E-state index contributed by atoms with van der Waals surface area (Å²) in [6.45, 7) is 6.29. The zero-order valence-corrected chi connectivity index (χ0v) is 19.2. The van der Waals surface area contributed by atoms with Crippen LogP contribution in [-0.2, 0) is 18.4 Å². The van der Waals surface area contributed by atoms with Gasteiger partial charge in [0, 0.05) is 32.7 Å². The summed E-state index contributed by atoms with van der Waals surface area (Å²) in [7, 11) is 3.52. The highest BCUT2D eigenvalue weighted by molar-refractivity contribution is 8.26. The molecule has 1 amide bonds. The van der Waals surface area contributed by atoms with Crippen LogP contribution in [0, 0.1) is 18.3 Å². The Morgan fingerprint density at radius 3 is 2.58 bits per heavy atom. The fourth-order valence-corrected chi connectivity index (χ4v) is 4.78. The molecule has 8 heteroatoms. The average Bonchev–Trinajstić information content (AvgIpc) is 3.01. The van der Waals surface area contributed by atoms with Crippen molar-refractivity contribution in [2.45, 2.75) is 13.5 Å². The van der Waals surface area contributed by atoms with Gasteiger partial charge in [0.1, 0.15) is 21.8 Å². The lowest BCUT2D eigenvalue weighted by Gasteiger charge is -2.26. The van der Waals surface area contributed by atoms with Gasteiger partial charge in [0.2, 0.25) is 0 Å². The summed E-state index contributed by atoms with van der Waals surface area (Å²) in [5, 5.41) is 9.57. The summed E-state index contributed by atoms with van der Waals surface area (Å²) in [5.74, 6) is 0.415. The first-order valence-corrected chi connectivity index (χ1v) is 10.8. The van der Waals surface area contributed by atoms with E-state index in [1.54, 1.807) is 26.1 Å². The number of nitriles is 1. The summed E-state index contributed by atoms with van der Waals surface area (Å²) in [4.78, 5) is 29.6. The first kappa shape index (κ1) is 22.5. The van der Waals surface area contributed by atoms with Gasteiger partial charge in [-0.05, 0) is 24.1 Å². The van der Waals surface area contributed by atoms with E-state index in [0.29, 0.717) is 39.3 Å². The second-order valence-electron chi connectivity index (χ2n) is 7.14. The van der Waals surface area contributed by atoms with Crippen LogP contribution in [0.15, 0.2) is 52.7 Å². The molecule has 1 aliphatic rings. The predicted octanol–water partition coefficient (Wildman–Crippen LogP) is 3.59. The topological polar surface area (TPSA) is 69.3 Å². The number of thioether (sulfide) groups is 1. The highest BCUT2D eigenvalue weighted by Gasteiger charge is 2.32. The van der Waals surface area contributed by atoms with Crippen LogP contribution < -0.4 is 10.5 Å². The number of carbonyl (C=O) groups excluding carboxylic acids is 1. The Bertz CT molecular complexity index is 1190. The molecule has 0 bridgehead atoms. The monoisotopic (exact) mass is 450 g/mol. The number of thiocarbonyl (C=S) groups is 1. The Morgan fingerprint density at radius 2 is 1.97 bits per heavy atom. The van der Waals surface area contributed by atoms with Crippen molar-refractivity contribution in [3.8, 4) is 6.07 Å². The van der Waals surface area contributed by atoms with Crippen LogP contribution in [0.25, 0.3) is 6.08 Å². The van der Waals surface area contributed by atoms with Crippen molar-refractivity contribution < 1.29 is 4.79 Å². The van der Waals surface area contributed by atoms with Gasteiger partial charge in [0.25, 0.3) is 11.5 Å². The number of hydrogen-bond acceptors (Lipinski definition) is 6. The zero-order valence-electron chi connectivity index (χ0n) is 17.6. The molecule has 1 aromatic carbocycles. The molecule has 0 atom stereocenters. The fourth-order valence-electron chi connectivity index (χ4n) is 3.52. The Hall–Kier alpha value is -3.15. The Morgan fingerprint density at radius 1 is 1.29 bits per heavy atom. The third kappa shape index (κ3) is 4.33. The molecule has 3 rings (SSSR count). The van der Waals surface area contributed by atoms with Crippen LogP contribution in [0.3, 0.4) is 0 Å². The third-order valence-electron chi connectivity index (χ3n) is 5.05. The number of pyridine rings is 1. The molecule has 1 saturated heterocycles. The molecule has 1 aliphatic heterocycles. The van der Waals surface area contributed by atoms with Crippen LogP contribution >= 0.6 is 24.0 Å². The molecule has 0 saturated carbocycles. The lowest BCUT2D eigenvalue weighted by atomic mass is 10.0. The summed E-state index contributed by atoms with van der Waals surface area (Å²) in [5.41, 5.74) is 1.95. The molecule has 158 valence electrons. The standard InChI is InChI=1S/C23H22N4O2S2/c1-5-11-27-22(29)19(31-23(27)30)12-17-15(2)18(13-24)21(28)26(4)20(17)25(3)14-16-9-7-6-8-10-16/h5-10,12H,1,11,14H2,2-4H3/b19-12-. The maximum absolute atomic E-state index is 12.9. The predicted molar refractivity (Wildman–Crippen MR) is 130 cm³/mol. The van der Waals surface area contributed by atoms with Gasteiger partial charge in [-0.15, -0.1) is 6.58 Å². The number of hydrogen-bond donors (Lipinski definition) is 0. The molecule has 0 N–H and O–H groups in total. The maximum atomic E-state index is 12.9. The van der Waals surface area contributed by atoms with Crippen LogP contribution in [0.4, 0.5) is 5.82 Å². The molecule has 0 unspecified atom stereocenters. The Labute approximate surface area is 191 Å². The molecule has 0 aliphatic carbocycles. The van der Waals surface area contributed by atoms with Crippen molar-refractivity contribution in [3.05, 3.63) is 80.5 Å². The molecule has 0 radical (unpaired) electrons. The molecule has 1 aromatic heterocycles. The van der Waals surface area contributed by atoms with Gasteiger partial charge in [0.15, 0.2) is 0 Å². The Kier molecular flexibility index (Phi) is 6.78. The molecule has 2 heterocycles. The van der Waals surface area contributed by atoms with Crippen molar-refractivity contribution in [2.24, 2.45) is 7.05 Å². The van der Waals surface area contributed by atoms with Crippen molar-refractivity contribution in [2.75, 3.05) is 18.5 Å². The van der Waals surface area contributed by atoms with E-state index in [-0.39, 0.29) is 17.0 Å². The zero-order chi connectivity index (χ0) is 22.7. The van der Waals surface area contributed by atoms with Crippen molar-refractivity contribution in [1.29, 1.82) is 5.26 Å². The molecular formula is C23H22N4O2S2. The fraction of sp³-hybridized carbons (Fsp3) is 0.217. The lowest BCUT2D eigenvalue weighted by molar-refractivity contribution is -0.121. The van der Waals surface area contributed by atoms with Gasteiger partial charge in [0.05, 0.1) is 4.91 Å². The van der Waals surface area contributed by atoms with Gasteiger partial charge < -0.3 is 4.90 Å².